The van der Waals surface area contributed by atoms with Gasteiger partial charge < -0.3 is 14.2 Å². The molecule has 0 radical (unpaired) electrons. The molecule has 134 valence electrons. The monoisotopic (exact) mass is 343 g/mol. The number of aryl methyl sites for hydroxylation is 2. The third kappa shape index (κ3) is 3.69. The third-order valence-corrected chi connectivity index (χ3v) is 4.76. The van der Waals surface area contributed by atoms with E-state index >= 15 is 0 Å². The van der Waals surface area contributed by atoms with E-state index < -0.39 is 0 Å². The molecule has 1 atom stereocenters. The average Bonchev–Trinajstić information content (AvgIpc) is 2.93. The molecule has 1 aromatic heterocycles. The molecule has 0 saturated carbocycles. The molecule has 0 spiro atoms. The van der Waals surface area contributed by atoms with Gasteiger partial charge in [-0.15, -0.1) is 0 Å². The molecule has 1 saturated heterocycles. The molecule has 0 N–H and O–H groups in total. The fourth-order valence-electron chi connectivity index (χ4n) is 3.44. The van der Waals surface area contributed by atoms with Gasteiger partial charge >= 0.3 is 0 Å². The zero-order chi connectivity index (χ0) is 18.0. The van der Waals surface area contributed by atoms with E-state index in [0.29, 0.717) is 23.6 Å². The Balaban J connectivity index is 1.65. The number of hydrogen-bond acceptors (Lipinski definition) is 5. The Hall–Kier alpha value is -2.34. The van der Waals surface area contributed by atoms with Crippen LogP contribution in [-0.4, -0.2) is 53.6 Å². The Bertz CT molecular complexity index is 737. The Kier molecular flexibility index (Phi) is 5.08. The number of hydrogen-bond donors (Lipinski definition) is 0. The van der Waals surface area contributed by atoms with Crippen molar-refractivity contribution in [3.05, 3.63) is 46.8 Å². The van der Waals surface area contributed by atoms with Gasteiger partial charge in [0.1, 0.15) is 17.1 Å². The van der Waals surface area contributed by atoms with Gasteiger partial charge in [-0.1, -0.05) is 17.3 Å². The maximum absolute atomic E-state index is 12.9. The van der Waals surface area contributed by atoms with E-state index in [1.165, 1.54) is 5.56 Å². The lowest BCUT2D eigenvalue weighted by atomic mass is 10.1. The van der Waals surface area contributed by atoms with Gasteiger partial charge in [-0.2, -0.15) is 0 Å². The lowest BCUT2D eigenvalue weighted by molar-refractivity contribution is 0.0473. The minimum Gasteiger partial charge on any atom is -0.497 e. The van der Waals surface area contributed by atoms with Crippen LogP contribution in [0.1, 0.15) is 34.3 Å². The van der Waals surface area contributed by atoms with Crippen molar-refractivity contribution in [1.82, 2.24) is 15.0 Å². The van der Waals surface area contributed by atoms with Crippen LogP contribution >= 0.6 is 0 Å². The quantitative estimate of drug-likeness (QED) is 0.854. The summed E-state index contributed by atoms with van der Waals surface area (Å²) < 4.78 is 10.4. The minimum atomic E-state index is 0.0183. The highest BCUT2D eigenvalue weighted by atomic mass is 16.5. The summed E-state index contributed by atoms with van der Waals surface area (Å²) in [6, 6.07) is 8.27. The molecule has 1 aliphatic rings. The molecule has 2 aromatic rings. The second-order valence-corrected chi connectivity index (χ2v) is 6.63. The number of carbonyl (C=O) groups is 1. The lowest BCUT2D eigenvalue weighted by Gasteiger charge is -2.40. The molecule has 3 rings (SSSR count). The number of benzene rings is 1. The molecule has 6 heteroatoms. The van der Waals surface area contributed by atoms with Crippen molar-refractivity contribution in [2.24, 2.45) is 0 Å². The molecule has 0 aliphatic carbocycles. The van der Waals surface area contributed by atoms with Crippen molar-refractivity contribution in [3.8, 4) is 5.75 Å². The molecule has 25 heavy (non-hydrogen) atoms. The fourth-order valence-corrected chi connectivity index (χ4v) is 3.44. The number of ether oxygens (including phenoxy) is 1. The molecule has 0 unspecified atom stereocenters. The van der Waals surface area contributed by atoms with E-state index in [9.17, 15) is 4.79 Å². The predicted molar refractivity (Wildman–Crippen MR) is 94.7 cm³/mol. The van der Waals surface area contributed by atoms with E-state index in [0.717, 1.165) is 25.4 Å². The zero-order valence-electron chi connectivity index (χ0n) is 15.3. The number of nitrogens with zero attached hydrogens (tertiary/aromatic N) is 3. The predicted octanol–water partition coefficient (Wildman–Crippen LogP) is 2.65. The molecule has 1 amide bonds. The van der Waals surface area contributed by atoms with Crippen LogP contribution in [-0.2, 0) is 6.54 Å². The fraction of sp³-hybridized carbons (Fsp3) is 0.474. The first kappa shape index (κ1) is 17.5. The van der Waals surface area contributed by atoms with E-state index in [-0.39, 0.29) is 11.9 Å². The van der Waals surface area contributed by atoms with Crippen LogP contribution in [0.3, 0.4) is 0 Å². The summed E-state index contributed by atoms with van der Waals surface area (Å²) in [6.07, 6.45) is 0. The second kappa shape index (κ2) is 7.27. The second-order valence-electron chi connectivity index (χ2n) is 6.63. The Morgan fingerprint density at radius 1 is 1.36 bits per heavy atom. The summed E-state index contributed by atoms with van der Waals surface area (Å²) in [5.74, 6) is 1.48. The van der Waals surface area contributed by atoms with E-state index in [4.69, 9.17) is 9.26 Å². The van der Waals surface area contributed by atoms with Gasteiger partial charge in [-0.25, -0.2) is 0 Å². The van der Waals surface area contributed by atoms with Crippen molar-refractivity contribution < 1.29 is 14.1 Å². The largest absolute Gasteiger partial charge is 0.497 e. The van der Waals surface area contributed by atoms with Gasteiger partial charge in [-0.05, 0) is 38.5 Å². The lowest BCUT2D eigenvalue weighted by Crippen LogP contribution is -2.53. The number of amides is 1. The molecule has 1 aliphatic heterocycles. The van der Waals surface area contributed by atoms with Crippen LogP contribution in [0.2, 0.25) is 0 Å². The number of carbonyl (C=O) groups excluding carboxylic acids is 1. The number of rotatable bonds is 4. The standard InChI is InChI=1S/C19H25N3O3/c1-13-11-21(12-16-6-5-7-17(10-16)24-4)8-9-22(13)19(23)18-14(2)20-25-15(18)3/h5-7,10,13H,8-9,11-12H2,1-4H3/t13-/m0/s1. The molecular formula is C19H25N3O3. The highest BCUT2D eigenvalue weighted by Gasteiger charge is 2.31. The Morgan fingerprint density at radius 3 is 2.80 bits per heavy atom. The first-order valence-corrected chi connectivity index (χ1v) is 8.58. The zero-order valence-corrected chi connectivity index (χ0v) is 15.3. The van der Waals surface area contributed by atoms with Crippen molar-refractivity contribution >= 4 is 5.91 Å². The number of piperazine rings is 1. The smallest absolute Gasteiger partial charge is 0.259 e. The van der Waals surface area contributed by atoms with E-state index in [1.807, 2.05) is 24.0 Å². The maximum atomic E-state index is 12.9. The Labute approximate surface area is 148 Å². The van der Waals surface area contributed by atoms with Gasteiger partial charge in [0.15, 0.2) is 0 Å². The van der Waals surface area contributed by atoms with Crippen LogP contribution in [0.15, 0.2) is 28.8 Å². The highest BCUT2D eigenvalue weighted by molar-refractivity contribution is 5.96. The Morgan fingerprint density at radius 2 is 2.16 bits per heavy atom. The normalized spacial score (nSPS) is 18.4. The van der Waals surface area contributed by atoms with Gasteiger partial charge in [-0.3, -0.25) is 9.69 Å². The average molecular weight is 343 g/mol. The molecule has 6 nitrogen and oxygen atoms in total. The SMILES string of the molecule is COc1cccc(CN2CCN(C(=O)c3c(C)noc3C)[C@@H](C)C2)c1. The van der Waals surface area contributed by atoms with Crippen LogP contribution in [0.5, 0.6) is 5.75 Å². The van der Waals surface area contributed by atoms with Crippen molar-refractivity contribution in [2.75, 3.05) is 26.7 Å². The third-order valence-electron chi connectivity index (χ3n) is 4.76. The van der Waals surface area contributed by atoms with Gasteiger partial charge in [0.25, 0.3) is 5.91 Å². The van der Waals surface area contributed by atoms with Gasteiger partial charge in [0.05, 0.1) is 12.8 Å². The summed E-state index contributed by atoms with van der Waals surface area (Å²) in [4.78, 5) is 17.1. The molecule has 1 aromatic carbocycles. The molecule has 0 bridgehead atoms. The van der Waals surface area contributed by atoms with Gasteiger partial charge in [0.2, 0.25) is 0 Å². The highest BCUT2D eigenvalue weighted by Crippen LogP contribution is 2.21. The van der Waals surface area contributed by atoms with Gasteiger partial charge in [0, 0.05) is 32.2 Å². The molecule has 2 heterocycles. The van der Waals surface area contributed by atoms with Crippen LogP contribution in [0.25, 0.3) is 0 Å². The summed E-state index contributed by atoms with van der Waals surface area (Å²) in [5, 5.41) is 3.90. The van der Waals surface area contributed by atoms with Crippen molar-refractivity contribution in [1.29, 1.82) is 0 Å². The van der Waals surface area contributed by atoms with Crippen LogP contribution in [0, 0.1) is 13.8 Å². The van der Waals surface area contributed by atoms with Crippen molar-refractivity contribution in [2.45, 2.75) is 33.4 Å². The summed E-state index contributed by atoms with van der Waals surface area (Å²) >= 11 is 0. The summed E-state index contributed by atoms with van der Waals surface area (Å²) in [7, 11) is 1.68. The molecular weight excluding hydrogens is 318 g/mol. The topological polar surface area (TPSA) is 58.8 Å². The van der Waals surface area contributed by atoms with E-state index in [2.05, 4.69) is 29.1 Å². The van der Waals surface area contributed by atoms with E-state index in [1.54, 1.807) is 14.0 Å². The number of aromatic nitrogens is 1. The number of methoxy groups -OCH3 is 1. The minimum absolute atomic E-state index is 0.0183. The first-order chi connectivity index (χ1) is 12.0. The molecule has 1 fully saturated rings. The van der Waals surface area contributed by atoms with Crippen LogP contribution < -0.4 is 4.74 Å². The summed E-state index contributed by atoms with van der Waals surface area (Å²) in [6.45, 7) is 8.93. The summed E-state index contributed by atoms with van der Waals surface area (Å²) in [5.41, 5.74) is 2.48. The van der Waals surface area contributed by atoms with Crippen LogP contribution in [0.4, 0.5) is 0 Å². The first-order valence-electron chi connectivity index (χ1n) is 8.58. The van der Waals surface area contributed by atoms with Crippen molar-refractivity contribution in [3.63, 3.8) is 0 Å². The maximum Gasteiger partial charge on any atom is 0.259 e.